The van der Waals surface area contributed by atoms with Crippen molar-refractivity contribution in [3.63, 3.8) is 0 Å². The van der Waals surface area contributed by atoms with Crippen LogP contribution in [0.5, 0.6) is 5.75 Å². The van der Waals surface area contributed by atoms with Gasteiger partial charge < -0.3 is 9.67 Å². The topological polar surface area (TPSA) is 46.9 Å². The first kappa shape index (κ1) is 37.3. The Morgan fingerprint density at radius 3 is 2.04 bits per heavy atom. The van der Waals surface area contributed by atoms with Gasteiger partial charge in [0, 0.05) is 17.4 Å². The van der Waals surface area contributed by atoms with E-state index in [0.29, 0.717) is 0 Å². The Kier molecular flexibility index (Phi) is 9.26. The van der Waals surface area contributed by atoms with Crippen molar-refractivity contribution in [1.82, 2.24) is 14.1 Å². The van der Waals surface area contributed by atoms with Gasteiger partial charge in [0.25, 0.3) is 6.33 Å². The van der Waals surface area contributed by atoms with Gasteiger partial charge in [-0.25, -0.2) is 4.98 Å². The van der Waals surface area contributed by atoms with E-state index < -0.39 is 0 Å². The molecule has 5 aromatic carbocycles. The number of para-hydroxylation sites is 4. The van der Waals surface area contributed by atoms with E-state index in [1.807, 2.05) is 16.8 Å². The molecule has 0 saturated carbocycles. The molecule has 0 aliphatic carbocycles. The van der Waals surface area contributed by atoms with Gasteiger partial charge in [0.2, 0.25) is 0 Å². The number of phenolic OH excluding ortho intramolecular Hbond substituents is 1. The number of phenols is 1. The second-order valence-corrected chi connectivity index (χ2v) is 17.3. The normalized spacial score (nSPS) is 12.5. The molecule has 1 N–H and O–H groups in total. The summed E-state index contributed by atoms with van der Waals surface area (Å²) in [4.78, 5) is 4.89. The van der Waals surface area contributed by atoms with Gasteiger partial charge in [0.05, 0.1) is 11.0 Å². The van der Waals surface area contributed by atoms with Gasteiger partial charge >= 0.3 is 21.1 Å². The number of rotatable bonds is 4. The van der Waals surface area contributed by atoms with Crippen molar-refractivity contribution >= 4 is 32.8 Å². The monoisotopic (exact) mass is 890 g/mol. The molecule has 6 heteroatoms. The summed E-state index contributed by atoms with van der Waals surface area (Å²) in [6.07, 6.45) is 5.61. The number of pyridine rings is 1. The van der Waals surface area contributed by atoms with Crippen molar-refractivity contribution < 1.29 is 30.7 Å². The van der Waals surface area contributed by atoms with E-state index in [4.69, 9.17) is 4.98 Å². The molecule has 3 heterocycles. The maximum absolute atomic E-state index is 11.9. The van der Waals surface area contributed by atoms with E-state index in [-0.39, 0.29) is 43.1 Å². The molecule has 0 saturated heterocycles. The summed E-state index contributed by atoms with van der Waals surface area (Å²) in [7, 11) is 0. The minimum Gasteiger partial charge on any atom is -0.511 e. The fourth-order valence-corrected chi connectivity index (χ4v) is 7.40. The standard InChI is InChI=1S/C48H47N4O.Pt/c1-46(2,3)32-24-25-49-44(29-32)52-39-19-13-11-17-35(39)36-23-22-31(26-42(36)52)34-16-10-12-18-38(34)50-30-51(41-21-15-14-20-40(41)50)43-28-33(47(4,5)6)27-37(45(43)53)48(7,8)9;/h10-25,27-29,53H,1-9H3;/q-1;+2. The molecule has 274 valence electrons. The van der Waals surface area contributed by atoms with Crippen molar-refractivity contribution in [3.8, 4) is 34.1 Å². The van der Waals surface area contributed by atoms with Crippen molar-refractivity contribution in [3.05, 3.63) is 144 Å². The van der Waals surface area contributed by atoms with Crippen LogP contribution in [0.25, 0.3) is 61.2 Å². The van der Waals surface area contributed by atoms with Crippen molar-refractivity contribution in [2.24, 2.45) is 0 Å². The Morgan fingerprint density at radius 2 is 1.31 bits per heavy atom. The summed E-state index contributed by atoms with van der Waals surface area (Å²) < 4.78 is 6.38. The minimum absolute atomic E-state index is 0. The third-order valence-corrected chi connectivity index (χ3v) is 10.4. The molecule has 8 rings (SSSR count). The molecule has 3 aromatic heterocycles. The zero-order valence-corrected chi connectivity index (χ0v) is 34.8. The van der Waals surface area contributed by atoms with Crippen LogP contribution in [-0.2, 0) is 37.3 Å². The summed E-state index contributed by atoms with van der Waals surface area (Å²) in [6, 6.07) is 42.1. The number of aromatic hydroxyl groups is 1. The molecule has 0 radical (unpaired) electrons. The molecule has 8 aromatic rings. The van der Waals surface area contributed by atoms with Crippen LogP contribution in [0.15, 0.2) is 115 Å². The van der Waals surface area contributed by atoms with E-state index in [2.05, 4.69) is 187 Å². The van der Waals surface area contributed by atoms with Gasteiger partial charge in [-0.05, 0) is 68.1 Å². The zero-order valence-electron chi connectivity index (χ0n) is 32.5. The number of fused-ring (bicyclic) bond motifs is 4. The van der Waals surface area contributed by atoms with Gasteiger partial charge in [-0.2, -0.15) is 0 Å². The van der Waals surface area contributed by atoms with Crippen LogP contribution in [0.3, 0.4) is 0 Å². The van der Waals surface area contributed by atoms with Gasteiger partial charge in [-0.15, -0.1) is 23.8 Å². The molecule has 0 atom stereocenters. The smallest absolute Gasteiger partial charge is 0.511 e. The molecular formula is C48H47N4OPt+. The van der Waals surface area contributed by atoms with E-state index >= 15 is 0 Å². The third-order valence-electron chi connectivity index (χ3n) is 10.4. The first-order valence-corrected chi connectivity index (χ1v) is 18.5. The van der Waals surface area contributed by atoms with Crippen molar-refractivity contribution in [2.45, 2.75) is 78.6 Å². The van der Waals surface area contributed by atoms with Crippen LogP contribution < -0.4 is 4.57 Å². The van der Waals surface area contributed by atoms with Gasteiger partial charge in [0.1, 0.15) is 17.3 Å². The Hall–Kier alpha value is -4.99. The molecule has 0 aliphatic heterocycles. The Labute approximate surface area is 333 Å². The van der Waals surface area contributed by atoms with Crippen LogP contribution >= 0.6 is 0 Å². The first-order valence-electron chi connectivity index (χ1n) is 18.5. The Bertz CT molecular complexity index is 2700. The molecule has 0 bridgehead atoms. The minimum atomic E-state index is -0.258. The second kappa shape index (κ2) is 13.4. The van der Waals surface area contributed by atoms with Crippen LogP contribution in [-0.4, -0.2) is 19.2 Å². The molecule has 0 unspecified atom stereocenters. The Balaban J connectivity index is 0.00000450. The van der Waals surface area contributed by atoms with Gasteiger partial charge in [-0.3, -0.25) is 9.13 Å². The largest absolute Gasteiger partial charge is 2.00 e. The molecule has 0 aliphatic rings. The number of aromatic nitrogens is 4. The Morgan fingerprint density at radius 1 is 0.648 bits per heavy atom. The SMILES string of the molecule is CC(C)(C)c1ccnc(-n2c3[c-]c(-c4ccccc4-[n+]4[c-]n(-c5cc(C(C)(C)C)cc(C(C)(C)C)c5O)c5ccccc54)ccc3c3ccccc32)c1.[Pt+2]. The summed E-state index contributed by atoms with van der Waals surface area (Å²) in [5, 5.41) is 14.2. The number of benzene rings is 5. The predicted octanol–water partition coefficient (Wildman–Crippen LogP) is 11.3. The number of imidazole rings is 1. The maximum Gasteiger partial charge on any atom is 2.00 e. The van der Waals surface area contributed by atoms with Gasteiger partial charge in [0.15, 0.2) is 0 Å². The summed E-state index contributed by atoms with van der Waals surface area (Å²) in [5.41, 5.74) is 10.6. The summed E-state index contributed by atoms with van der Waals surface area (Å²) in [5.74, 6) is 1.15. The molecule has 0 spiro atoms. The fourth-order valence-electron chi connectivity index (χ4n) is 7.40. The summed E-state index contributed by atoms with van der Waals surface area (Å²) in [6.45, 7) is 19.8. The van der Waals surface area contributed by atoms with Crippen LogP contribution in [0.1, 0.15) is 79.0 Å². The first-order chi connectivity index (χ1) is 25.1. The molecule has 0 amide bonds. The zero-order chi connectivity index (χ0) is 37.4. The maximum atomic E-state index is 11.9. The van der Waals surface area contributed by atoms with Crippen molar-refractivity contribution in [1.29, 1.82) is 0 Å². The molecule has 5 nitrogen and oxygen atoms in total. The predicted molar refractivity (Wildman–Crippen MR) is 218 cm³/mol. The average Bonchev–Trinajstić information content (AvgIpc) is 3.66. The average molecular weight is 891 g/mol. The van der Waals surface area contributed by atoms with E-state index in [1.165, 1.54) is 10.9 Å². The van der Waals surface area contributed by atoms with Crippen molar-refractivity contribution in [2.75, 3.05) is 0 Å². The quantitative estimate of drug-likeness (QED) is 0.141. The molecule has 54 heavy (non-hydrogen) atoms. The molecule has 0 fully saturated rings. The van der Waals surface area contributed by atoms with Crippen LogP contribution in [0, 0.1) is 12.4 Å². The number of hydrogen-bond acceptors (Lipinski definition) is 2. The summed E-state index contributed by atoms with van der Waals surface area (Å²) >= 11 is 0. The van der Waals surface area contributed by atoms with Crippen LogP contribution in [0.4, 0.5) is 0 Å². The number of nitrogens with zero attached hydrogens (tertiary/aromatic N) is 4. The van der Waals surface area contributed by atoms with E-state index in [0.717, 1.165) is 66.9 Å². The van der Waals surface area contributed by atoms with E-state index in [1.54, 1.807) is 0 Å². The molecular weight excluding hydrogens is 844 g/mol. The van der Waals surface area contributed by atoms with Gasteiger partial charge in [-0.1, -0.05) is 146 Å². The van der Waals surface area contributed by atoms with Crippen LogP contribution in [0.2, 0.25) is 0 Å². The fraction of sp³-hybridized carbons (Fsp3) is 0.250. The number of hydrogen-bond donors (Lipinski definition) is 1. The second-order valence-electron chi connectivity index (χ2n) is 17.3. The van der Waals surface area contributed by atoms with E-state index in [9.17, 15) is 5.11 Å². The third kappa shape index (κ3) is 6.37.